The molecule has 0 saturated heterocycles. The van der Waals surface area contributed by atoms with Crippen LogP contribution in [-0.2, 0) is 6.61 Å². The Bertz CT molecular complexity index is 528. The van der Waals surface area contributed by atoms with Crippen LogP contribution in [0.2, 0.25) is 0 Å². The van der Waals surface area contributed by atoms with Crippen LogP contribution in [0.15, 0.2) is 29.1 Å². The Morgan fingerprint density at radius 2 is 2.35 bits per heavy atom. The second-order valence-electron chi connectivity index (χ2n) is 3.33. The molecule has 0 aliphatic rings. The number of hydrogen-bond acceptors (Lipinski definition) is 5. The molecule has 0 saturated carbocycles. The van der Waals surface area contributed by atoms with E-state index < -0.39 is 5.97 Å². The van der Waals surface area contributed by atoms with Crippen molar-refractivity contribution in [1.82, 2.24) is 4.98 Å². The molecule has 0 bridgehead atoms. The number of halogens is 1. The summed E-state index contributed by atoms with van der Waals surface area (Å²) in [7, 11) is 0. The normalized spacial score (nSPS) is 10.2. The highest BCUT2D eigenvalue weighted by molar-refractivity contribution is 7.07. The molecule has 0 spiro atoms. The number of thiazole rings is 1. The van der Waals surface area contributed by atoms with Crippen LogP contribution in [-0.4, -0.2) is 10.9 Å². The van der Waals surface area contributed by atoms with Crippen molar-refractivity contribution in [2.75, 3.05) is 5.73 Å². The third-order valence-electron chi connectivity index (χ3n) is 2.13. The lowest BCUT2D eigenvalue weighted by molar-refractivity contribution is 0.302. The standard InChI is InChI=1S/C11H10FN3OS/c12-11(14)9-2-1-8(3-10(9)13)16-4-7-5-17-6-15-7/h1-3,5-6,14H,4,13H2. The summed E-state index contributed by atoms with van der Waals surface area (Å²) in [6, 6.07) is 4.50. The van der Waals surface area contributed by atoms with Gasteiger partial charge in [0.15, 0.2) is 0 Å². The Morgan fingerprint density at radius 1 is 1.53 bits per heavy atom. The van der Waals surface area contributed by atoms with Crippen molar-refractivity contribution in [3.63, 3.8) is 0 Å². The zero-order valence-corrected chi connectivity index (χ0v) is 9.63. The Kier molecular flexibility index (Phi) is 3.34. The van der Waals surface area contributed by atoms with E-state index in [0.29, 0.717) is 12.4 Å². The van der Waals surface area contributed by atoms with Crippen LogP contribution < -0.4 is 10.5 Å². The van der Waals surface area contributed by atoms with Crippen LogP contribution in [0.4, 0.5) is 10.1 Å². The number of aromatic nitrogens is 1. The number of ether oxygens (including phenoxy) is 1. The highest BCUT2D eigenvalue weighted by atomic mass is 32.1. The zero-order valence-electron chi connectivity index (χ0n) is 8.81. The van der Waals surface area contributed by atoms with E-state index in [1.165, 1.54) is 23.5 Å². The van der Waals surface area contributed by atoms with Crippen molar-refractivity contribution in [2.24, 2.45) is 0 Å². The van der Waals surface area contributed by atoms with Crippen LogP contribution in [0.5, 0.6) is 5.75 Å². The Hall–Kier alpha value is -1.95. The lowest BCUT2D eigenvalue weighted by Gasteiger charge is -2.07. The average molecular weight is 251 g/mol. The number of rotatable bonds is 4. The molecule has 0 radical (unpaired) electrons. The average Bonchev–Trinajstić information content (AvgIpc) is 2.78. The molecule has 1 aromatic carbocycles. The maximum atomic E-state index is 12.7. The number of nitrogen functional groups attached to an aromatic ring is 1. The van der Waals surface area contributed by atoms with E-state index in [9.17, 15) is 4.39 Å². The van der Waals surface area contributed by atoms with Crippen molar-refractivity contribution < 1.29 is 9.13 Å². The third-order valence-corrected chi connectivity index (χ3v) is 2.76. The van der Waals surface area contributed by atoms with Crippen LogP contribution in [0, 0.1) is 5.41 Å². The lowest BCUT2D eigenvalue weighted by atomic mass is 10.2. The summed E-state index contributed by atoms with van der Waals surface area (Å²) in [5.41, 5.74) is 8.41. The van der Waals surface area contributed by atoms with Gasteiger partial charge in [0.2, 0.25) is 5.97 Å². The number of benzene rings is 1. The molecule has 0 unspecified atom stereocenters. The number of anilines is 1. The maximum Gasteiger partial charge on any atom is 0.214 e. The molecule has 0 atom stereocenters. The van der Waals surface area contributed by atoms with Crippen molar-refractivity contribution in [3.05, 3.63) is 40.3 Å². The minimum absolute atomic E-state index is 0.0750. The fourth-order valence-corrected chi connectivity index (χ4v) is 1.84. The van der Waals surface area contributed by atoms with Crippen LogP contribution in [0.1, 0.15) is 11.3 Å². The molecule has 0 aliphatic carbocycles. The van der Waals surface area contributed by atoms with Gasteiger partial charge in [0.05, 0.1) is 16.8 Å². The summed E-state index contributed by atoms with van der Waals surface area (Å²) >= 11 is 1.49. The second-order valence-corrected chi connectivity index (χ2v) is 4.05. The van der Waals surface area contributed by atoms with E-state index in [-0.39, 0.29) is 11.3 Å². The van der Waals surface area contributed by atoms with Crippen LogP contribution >= 0.6 is 11.3 Å². The Labute approximate surface area is 101 Å². The number of nitrogens with one attached hydrogen (secondary N) is 1. The first-order valence-corrected chi connectivity index (χ1v) is 5.75. The van der Waals surface area contributed by atoms with Gasteiger partial charge < -0.3 is 10.5 Å². The highest BCUT2D eigenvalue weighted by Crippen LogP contribution is 2.21. The van der Waals surface area contributed by atoms with Gasteiger partial charge in [-0.25, -0.2) is 4.98 Å². The Balaban J connectivity index is 2.07. The predicted octanol–water partition coefficient (Wildman–Crippen LogP) is 2.60. The van der Waals surface area contributed by atoms with Crippen molar-refractivity contribution >= 4 is 23.0 Å². The highest BCUT2D eigenvalue weighted by Gasteiger charge is 2.06. The van der Waals surface area contributed by atoms with E-state index in [4.69, 9.17) is 15.9 Å². The molecule has 0 fully saturated rings. The molecule has 1 heterocycles. The van der Waals surface area contributed by atoms with E-state index >= 15 is 0 Å². The first kappa shape index (κ1) is 11.5. The first-order chi connectivity index (χ1) is 8.16. The molecule has 0 aliphatic heterocycles. The molecule has 3 N–H and O–H groups in total. The molecule has 0 amide bonds. The fourth-order valence-electron chi connectivity index (χ4n) is 1.30. The van der Waals surface area contributed by atoms with E-state index in [1.54, 1.807) is 11.6 Å². The van der Waals surface area contributed by atoms with Crippen molar-refractivity contribution in [2.45, 2.75) is 6.61 Å². The number of nitrogens with zero attached hydrogens (tertiary/aromatic N) is 1. The molecule has 88 valence electrons. The molecule has 1 aromatic heterocycles. The monoisotopic (exact) mass is 251 g/mol. The fraction of sp³-hybridized carbons (Fsp3) is 0.0909. The Morgan fingerprint density at radius 3 is 2.94 bits per heavy atom. The summed E-state index contributed by atoms with van der Waals surface area (Å²) in [4.78, 5) is 4.07. The van der Waals surface area contributed by atoms with Gasteiger partial charge in [0.25, 0.3) is 0 Å². The quantitative estimate of drug-likeness (QED) is 0.648. The summed E-state index contributed by atoms with van der Waals surface area (Å²) in [6.45, 7) is 0.343. The SMILES string of the molecule is N=C(F)c1ccc(OCc2cscn2)cc1N. The van der Waals surface area contributed by atoms with Gasteiger partial charge in [-0.05, 0) is 12.1 Å². The maximum absolute atomic E-state index is 12.7. The van der Waals surface area contributed by atoms with E-state index in [2.05, 4.69) is 4.98 Å². The minimum atomic E-state index is -1.05. The zero-order chi connectivity index (χ0) is 12.3. The van der Waals surface area contributed by atoms with Gasteiger partial charge in [0, 0.05) is 17.1 Å². The minimum Gasteiger partial charge on any atom is -0.487 e. The molecular formula is C11H10FN3OS. The first-order valence-electron chi connectivity index (χ1n) is 4.80. The largest absolute Gasteiger partial charge is 0.487 e. The molecular weight excluding hydrogens is 241 g/mol. The summed E-state index contributed by atoms with van der Waals surface area (Å²) in [6.07, 6.45) is 0. The van der Waals surface area contributed by atoms with Gasteiger partial charge in [-0.1, -0.05) is 0 Å². The number of hydrogen-bond donors (Lipinski definition) is 2. The molecule has 4 nitrogen and oxygen atoms in total. The molecule has 6 heteroatoms. The molecule has 17 heavy (non-hydrogen) atoms. The van der Waals surface area contributed by atoms with Gasteiger partial charge in [-0.15, -0.1) is 11.3 Å². The summed E-state index contributed by atoms with van der Waals surface area (Å²) in [5, 5.41) is 8.75. The van der Waals surface area contributed by atoms with Crippen molar-refractivity contribution in [3.8, 4) is 5.75 Å². The third kappa shape index (κ3) is 2.79. The van der Waals surface area contributed by atoms with Gasteiger partial charge in [0.1, 0.15) is 12.4 Å². The lowest BCUT2D eigenvalue weighted by Crippen LogP contribution is -2.00. The topological polar surface area (TPSA) is 72.0 Å². The summed E-state index contributed by atoms with van der Waals surface area (Å²) < 4.78 is 18.1. The van der Waals surface area contributed by atoms with Crippen molar-refractivity contribution in [1.29, 1.82) is 5.41 Å². The summed E-state index contributed by atoms with van der Waals surface area (Å²) in [5.74, 6) is -0.519. The van der Waals surface area contributed by atoms with Gasteiger partial charge >= 0.3 is 0 Å². The molecule has 2 aromatic rings. The smallest absolute Gasteiger partial charge is 0.214 e. The predicted molar refractivity (Wildman–Crippen MR) is 65.2 cm³/mol. The van der Waals surface area contributed by atoms with Gasteiger partial charge in [-0.2, -0.15) is 4.39 Å². The second kappa shape index (κ2) is 4.92. The van der Waals surface area contributed by atoms with E-state index in [0.717, 1.165) is 5.69 Å². The van der Waals surface area contributed by atoms with E-state index in [1.807, 2.05) is 5.38 Å². The molecule has 2 rings (SSSR count). The van der Waals surface area contributed by atoms with Gasteiger partial charge in [-0.3, -0.25) is 5.41 Å². The number of nitrogens with two attached hydrogens (primary N) is 1. The van der Waals surface area contributed by atoms with Crippen LogP contribution in [0.25, 0.3) is 0 Å². The van der Waals surface area contributed by atoms with Crippen LogP contribution in [0.3, 0.4) is 0 Å².